The SMILES string of the molecule is COc1ccc(C(=O)NC(CN)C2CCCCC2)c(F)c1.Cl. The number of amides is 1. The van der Waals surface area contributed by atoms with Crippen molar-refractivity contribution in [2.45, 2.75) is 38.1 Å². The Balaban J connectivity index is 0.00000242. The highest BCUT2D eigenvalue weighted by molar-refractivity contribution is 5.94. The molecule has 1 aromatic carbocycles. The zero-order chi connectivity index (χ0) is 15.2. The Morgan fingerprint density at radius 1 is 1.41 bits per heavy atom. The molecule has 124 valence electrons. The van der Waals surface area contributed by atoms with Gasteiger partial charge in [0.25, 0.3) is 5.91 Å². The van der Waals surface area contributed by atoms with Gasteiger partial charge in [-0.25, -0.2) is 4.39 Å². The first-order chi connectivity index (χ1) is 10.2. The number of hydrogen-bond donors (Lipinski definition) is 2. The molecule has 22 heavy (non-hydrogen) atoms. The van der Waals surface area contributed by atoms with Gasteiger partial charge >= 0.3 is 0 Å². The van der Waals surface area contributed by atoms with Crippen molar-refractivity contribution in [2.75, 3.05) is 13.7 Å². The number of nitrogens with one attached hydrogen (secondary N) is 1. The molecule has 0 bridgehead atoms. The summed E-state index contributed by atoms with van der Waals surface area (Å²) >= 11 is 0. The summed E-state index contributed by atoms with van der Waals surface area (Å²) in [6.07, 6.45) is 5.75. The Kier molecular flexibility index (Phi) is 7.62. The molecule has 1 amide bonds. The zero-order valence-electron chi connectivity index (χ0n) is 12.8. The number of benzene rings is 1. The lowest BCUT2D eigenvalue weighted by Gasteiger charge is -2.30. The first-order valence-electron chi connectivity index (χ1n) is 7.50. The molecule has 1 atom stereocenters. The van der Waals surface area contributed by atoms with Crippen molar-refractivity contribution in [1.82, 2.24) is 5.32 Å². The summed E-state index contributed by atoms with van der Waals surface area (Å²) in [6, 6.07) is 4.15. The summed E-state index contributed by atoms with van der Waals surface area (Å²) < 4.78 is 18.8. The Labute approximate surface area is 137 Å². The second-order valence-corrected chi connectivity index (χ2v) is 5.56. The van der Waals surface area contributed by atoms with Crippen LogP contribution in [0.2, 0.25) is 0 Å². The fourth-order valence-electron chi connectivity index (χ4n) is 2.96. The first kappa shape index (κ1) is 18.7. The maximum atomic E-state index is 13.9. The smallest absolute Gasteiger partial charge is 0.254 e. The molecule has 1 fully saturated rings. The van der Waals surface area contributed by atoms with E-state index in [0.717, 1.165) is 12.8 Å². The molecule has 1 aliphatic rings. The van der Waals surface area contributed by atoms with E-state index in [1.807, 2.05) is 0 Å². The molecule has 0 aromatic heterocycles. The molecule has 0 radical (unpaired) electrons. The van der Waals surface area contributed by atoms with Gasteiger partial charge < -0.3 is 15.8 Å². The van der Waals surface area contributed by atoms with E-state index in [-0.39, 0.29) is 24.0 Å². The van der Waals surface area contributed by atoms with Crippen molar-refractivity contribution < 1.29 is 13.9 Å². The molecular weight excluding hydrogens is 307 g/mol. The zero-order valence-corrected chi connectivity index (χ0v) is 13.6. The molecule has 1 aliphatic carbocycles. The van der Waals surface area contributed by atoms with Crippen LogP contribution in [0.1, 0.15) is 42.5 Å². The molecule has 0 saturated heterocycles. The average molecular weight is 331 g/mol. The highest BCUT2D eigenvalue weighted by Gasteiger charge is 2.25. The van der Waals surface area contributed by atoms with Crippen LogP contribution in [0.3, 0.4) is 0 Å². The van der Waals surface area contributed by atoms with Crippen molar-refractivity contribution >= 4 is 18.3 Å². The van der Waals surface area contributed by atoms with Gasteiger partial charge in [0, 0.05) is 18.7 Å². The lowest BCUT2D eigenvalue weighted by Crippen LogP contribution is -2.46. The minimum atomic E-state index is -0.578. The molecule has 1 aromatic rings. The molecule has 0 heterocycles. The molecule has 4 nitrogen and oxygen atoms in total. The van der Waals surface area contributed by atoms with Crippen LogP contribution in [0, 0.1) is 11.7 Å². The van der Waals surface area contributed by atoms with Crippen molar-refractivity contribution in [3.05, 3.63) is 29.6 Å². The molecule has 0 spiro atoms. The normalized spacial score (nSPS) is 16.5. The second-order valence-electron chi connectivity index (χ2n) is 5.56. The largest absolute Gasteiger partial charge is 0.497 e. The van der Waals surface area contributed by atoms with Gasteiger partial charge in [-0.3, -0.25) is 4.79 Å². The van der Waals surface area contributed by atoms with Crippen LogP contribution in [0.5, 0.6) is 5.75 Å². The Bertz CT molecular complexity index is 493. The molecule has 3 N–H and O–H groups in total. The van der Waals surface area contributed by atoms with Gasteiger partial charge in [-0.15, -0.1) is 12.4 Å². The minimum Gasteiger partial charge on any atom is -0.497 e. The molecule has 0 aliphatic heterocycles. The summed E-state index contributed by atoms with van der Waals surface area (Å²) in [5.74, 6) is -0.192. The van der Waals surface area contributed by atoms with Crippen LogP contribution in [0.15, 0.2) is 18.2 Å². The van der Waals surface area contributed by atoms with E-state index < -0.39 is 11.7 Å². The Hall–Kier alpha value is -1.33. The van der Waals surface area contributed by atoms with Crippen LogP contribution in [0.4, 0.5) is 4.39 Å². The van der Waals surface area contributed by atoms with Crippen LogP contribution in [0.25, 0.3) is 0 Å². The highest BCUT2D eigenvalue weighted by Crippen LogP contribution is 2.26. The van der Waals surface area contributed by atoms with E-state index in [9.17, 15) is 9.18 Å². The summed E-state index contributed by atoms with van der Waals surface area (Å²) in [7, 11) is 1.46. The summed E-state index contributed by atoms with van der Waals surface area (Å²) in [6.45, 7) is 0.383. The van der Waals surface area contributed by atoms with E-state index in [4.69, 9.17) is 10.5 Å². The van der Waals surface area contributed by atoms with E-state index in [0.29, 0.717) is 18.2 Å². The van der Waals surface area contributed by atoms with Crippen molar-refractivity contribution in [3.63, 3.8) is 0 Å². The maximum absolute atomic E-state index is 13.9. The van der Waals surface area contributed by atoms with Crippen molar-refractivity contribution in [3.8, 4) is 5.75 Å². The molecule has 2 rings (SSSR count). The monoisotopic (exact) mass is 330 g/mol. The molecule has 1 saturated carbocycles. The summed E-state index contributed by atoms with van der Waals surface area (Å²) in [5, 5.41) is 2.89. The lowest BCUT2D eigenvalue weighted by molar-refractivity contribution is 0.0911. The van der Waals surface area contributed by atoms with Gasteiger partial charge in [-0.05, 0) is 30.9 Å². The number of methoxy groups -OCH3 is 1. The number of carbonyl (C=O) groups is 1. The number of nitrogens with two attached hydrogens (primary N) is 1. The van der Waals surface area contributed by atoms with Gasteiger partial charge in [0.15, 0.2) is 0 Å². The first-order valence-corrected chi connectivity index (χ1v) is 7.50. The van der Waals surface area contributed by atoms with Gasteiger partial charge in [-0.1, -0.05) is 19.3 Å². The van der Waals surface area contributed by atoms with Crippen molar-refractivity contribution in [1.29, 1.82) is 0 Å². The lowest BCUT2D eigenvalue weighted by atomic mass is 9.84. The standard InChI is InChI=1S/C16H23FN2O2.ClH/c1-21-12-7-8-13(14(17)9-12)16(20)19-15(10-18)11-5-3-2-4-6-11;/h7-9,11,15H,2-6,10,18H2,1H3,(H,19,20);1H. The Morgan fingerprint density at radius 3 is 2.64 bits per heavy atom. The molecule has 1 unspecified atom stereocenters. The number of ether oxygens (including phenoxy) is 1. The Morgan fingerprint density at radius 2 is 2.09 bits per heavy atom. The van der Waals surface area contributed by atoms with Crippen LogP contribution in [-0.4, -0.2) is 25.6 Å². The predicted octanol–water partition coefficient (Wildman–Crippen LogP) is 2.89. The quantitative estimate of drug-likeness (QED) is 0.872. The van der Waals surface area contributed by atoms with Crippen LogP contribution in [-0.2, 0) is 0 Å². The third kappa shape index (κ3) is 4.58. The predicted molar refractivity (Wildman–Crippen MR) is 87.1 cm³/mol. The fraction of sp³-hybridized carbons (Fsp3) is 0.562. The molecule has 6 heteroatoms. The van der Waals surface area contributed by atoms with Crippen LogP contribution >= 0.6 is 12.4 Å². The third-order valence-corrected chi connectivity index (χ3v) is 4.21. The van der Waals surface area contributed by atoms with Gasteiger partial charge in [-0.2, -0.15) is 0 Å². The third-order valence-electron chi connectivity index (χ3n) is 4.21. The average Bonchev–Trinajstić information content (AvgIpc) is 2.53. The van der Waals surface area contributed by atoms with E-state index in [2.05, 4.69) is 5.32 Å². The second kappa shape index (κ2) is 8.96. The van der Waals surface area contributed by atoms with E-state index >= 15 is 0 Å². The van der Waals surface area contributed by atoms with E-state index in [1.165, 1.54) is 38.5 Å². The maximum Gasteiger partial charge on any atom is 0.254 e. The molecular formula is C16H24ClFN2O2. The highest BCUT2D eigenvalue weighted by atomic mass is 35.5. The number of halogens is 2. The van der Waals surface area contributed by atoms with Gasteiger partial charge in [0.05, 0.1) is 12.7 Å². The van der Waals surface area contributed by atoms with Gasteiger partial charge in [0.1, 0.15) is 11.6 Å². The number of hydrogen-bond acceptors (Lipinski definition) is 3. The minimum absolute atomic E-state index is 0. The van der Waals surface area contributed by atoms with Crippen LogP contribution < -0.4 is 15.8 Å². The topological polar surface area (TPSA) is 64.3 Å². The number of carbonyl (C=O) groups excluding carboxylic acids is 1. The van der Waals surface area contributed by atoms with Gasteiger partial charge in [0.2, 0.25) is 0 Å². The van der Waals surface area contributed by atoms with Crippen molar-refractivity contribution in [2.24, 2.45) is 11.7 Å². The summed E-state index contributed by atoms with van der Waals surface area (Å²) in [4.78, 5) is 12.2. The fourth-order valence-corrected chi connectivity index (χ4v) is 2.96. The van der Waals surface area contributed by atoms with E-state index in [1.54, 1.807) is 6.07 Å². The number of rotatable bonds is 5. The summed E-state index contributed by atoms with van der Waals surface area (Å²) in [5.41, 5.74) is 5.82.